The first-order valence-corrected chi connectivity index (χ1v) is 25.5. The normalized spacial score (nSPS) is 10.1. The van der Waals surface area contributed by atoms with Crippen LogP contribution in [-0.4, -0.2) is 9.52 Å². The van der Waals surface area contributed by atoms with Crippen molar-refractivity contribution in [2.75, 3.05) is 9.80 Å². The zero-order chi connectivity index (χ0) is 36.7. The summed E-state index contributed by atoms with van der Waals surface area (Å²) in [7, 11) is 11.0. The van der Waals surface area contributed by atoms with E-state index in [0.29, 0.717) is 0 Å². The van der Waals surface area contributed by atoms with Crippen molar-refractivity contribution in [2.45, 2.75) is 26.9 Å². The number of halogens is 2. The predicted octanol–water partition coefficient (Wildman–Crippen LogP) is 14.8. The SMILES string of the molecule is C[Si]C.Cc1cc2c(N(c3ccccc3)c3ccccc3)cccc2[cH-]1.Cc1cc2c(N(c3ccccc3)c3ccccc3)cccc2[cH-]1.[Cl][Zr+2][Cl]. The number of fused-ring (bicyclic) bond motifs is 2. The minimum atomic E-state index is -0.826. The molecular formula is C46H42Cl2N2SiZr. The molecule has 8 rings (SSSR count). The Morgan fingerprint density at radius 2 is 0.712 bits per heavy atom. The van der Waals surface area contributed by atoms with Crippen LogP contribution in [0.1, 0.15) is 11.1 Å². The Morgan fingerprint density at radius 1 is 0.442 bits per heavy atom. The molecule has 0 saturated carbocycles. The van der Waals surface area contributed by atoms with E-state index in [9.17, 15) is 0 Å². The zero-order valence-electron chi connectivity index (χ0n) is 30.0. The summed E-state index contributed by atoms with van der Waals surface area (Å²) in [5.41, 5.74) is 9.72. The van der Waals surface area contributed by atoms with Crippen LogP contribution in [0, 0.1) is 13.8 Å². The third kappa shape index (κ3) is 10.0. The molecule has 0 atom stereocenters. The van der Waals surface area contributed by atoms with E-state index in [4.69, 9.17) is 17.0 Å². The quantitative estimate of drug-likeness (QED) is 0.122. The summed E-state index contributed by atoms with van der Waals surface area (Å²) >= 11 is -0.826. The van der Waals surface area contributed by atoms with Crippen LogP contribution in [0.2, 0.25) is 13.1 Å². The van der Waals surface area contributed by atoms with E-state index in [0.717, 1.165) is 9.52 Å². The summed E-state index contributed by atoms with van der Waals surface area (Å²) in [5.74, 6) is 0. The van der Waals surface area contributed by atoms with Gasteiger partial charge in [-0.3, -0.25) is 0 Å². The molecule has 0 heterocycles. The predicted molar refractivity (Wildman–Crippen MR) is 227 cm³/mol. The van der Waals surface area contributed by atoms with Gasteiger partial charge in [-0.15, -0.1) is 69.1 Å². The van der Waals surface area contributed by atoms with Crippen LogP contribution in [0.3, 0.4) is 0 Å². The molecule has 8 aromatic rings. The Balaban J connectivity index is 0.000000175. The van der Waals surface area contributed by atoms with Gasteiger partial charge in [-0.2, -0.15) is 12.1 Å². The molecule has 0 bridgehead atoms. The fraction of sp³-hybridized carbons (Fsp3) is 0.0870. The topological polar surface area (TPSA) is 6.48 Å². The molecule has 0 fully saturated rings. The molecule has 6 heteroatoms. The molecule has 8 aromatic carbocycles. The number of para-hydroxylation sites is 4. The number of aryl methyl sites for hydroxylation is 2. The van der Waals surface area contributed by atoms with E-state index in [1.807, 2.05) is 0 Å². The van der Waals surface area contributed by atoms with Crippen molar-refractivity contribution >= 4 is 82.2 Å². The van der Waals surface area contributed by atoms with Gasteiger partial charge in [0.15, 0.2) is 0 Å². The average molecular weight is 813 g/mol. The Bertz CT molecular complexity index is 1980. The second-order valence-electron chi connectivity index (χ2n) is 12.2. The van der Waals surface area contributed by atoms with Crippen molar-refractivity contribution in [2.24, 2.45) is 0 Å². The minimum absolute atomic E-state index is 0.826. The van der Waals surface area contributed by atoms with Crippen molar-refractivity contribution in [3.8, 4) is 0 Å². The molecule has 2 radical (unpaired) electrons. The molecule has 0 aliphatic rings. The van der Waals surface area contributed by atoms with E-state index in [1.165, 1.54) is 66.8 Å². The van der Waals surface area contributed by atoms with E-state index < -0.39 is 20.8 Å². The fourth-order valence-corrected chi connectivity index (χ4v) is 6.29. The monoisotopic (exact) mass is 810 g/mol. The third-order valence-electron chi connectivity index (χ3n) is 8.28. The van der Waals surface area contributed by atoms with Crippen LogP contribution in [0.5, 0.6) is 0 Å². The van der Waals surface area contributed by atoms with Gasteiger partial charge in [-0.1, -0.05) is 112 Å². The number of hydrogen-bond donors (Lipinski definition) is 0. The average Bonchev–Trinajstić information content (AvgIpc) is 3.76. The van der Waals surface area contributed by atoms with Gasteiger partial charge in [0.2, 0.25) is 0 Å². The molecule has 2 nitrogen and oxygen atoms in total. The fourth-order valence-electron chi connectivity index (χ4n) is 6.29. The first-order chi connectivity index (χ1) is 25.5. The van der Waals surface area contributed by atoms with Gasteiger partial charge in [-0.05, 0) is 48.5 Å². The van der Waals surface area contributed by atoms with Crippen LogP contribution in [0.4, 0.5) is 34.1 Å². The molecule has 0 amide bonds. The summed E-state index contributed by atoms with van der Waals surface area (Å²) in [4.78, 5) is 4.64. The maximum atomic E-state index is 4.93. The van der Waals surface area contributed by atoms with Crippen molar-refractivity contribution in [3.05, 3.63) is 193 Å². The molecule has 0 aliphatic carbocycles. The molecular weight excluding hydrogens is 771 g/mol. The number of anilines is 6. The zero-order valence-corrected chi connectivity index (χ0v) is 34.9. The van der Waals surface area contributed by atoms with Crippen LogP contribution < -0.4 is 9.80 Å². The third-order valence-corrected chi connectivity index (χ3v) is 8.28. The molecule has 0 saturated heterocycles. The van der Waals surface area contributed by atoms with Crippen LogP contribution in [-0.2, 0) is 20.8 Å². The molecule has 52 heavy (non-hydrogen) atoms. The molecule has 0 unspecified atom stereocenters. The summed E-state index contributed by atoms with van der Waals surface area (Å²) < 4.78 is 0. The van der Waals surface area contributed by atoms with Crippen molar-refractivity contribution < 1.29 is 20.8 Å². The van der Waals surface area contributed by atoms with Crippen molar-refractivity contribution in [1.29, 1.82) is 0 Å². The molecule has 0 aliphatic heterocycles. The van der Waals surface area contributed by atoms with E-state index >= 15 is 0 Å². The first kappa shape index (κ1) is 39.0. The van der Waals surface area contributed by atoms with E-state index in [1.54, 1.807) is 0 Å². The Labute approximate surface area is 330 Å². The molecule has 0 aromatic heterocycles. The van der Waals surface area contributed by atoms with Crippen LogP contribution in [0.25, 0.3) is 21.5 Å². The van der Waals surface area contributed by atoms with Crippen molar-refractivity contribution in [3.63, 3.8) is 0 Å². The van der Waals surface area contributed by atoms with Gasteiger partial charge < -0.3 is 9.80 Å². The van der Waals surface area contributed by atoms with Gasteiger partial charge in [-0.25, -0.2) is 0 Å². The van der Waals surface area contributed by atoms with E-state index in [2.05, 4.69) is 219 Å². The summed E-state index contributed by atoms with van der Waals surface area (Å²) in [6, 6.07) is 64.2. The Kier molecular flexibility index (Phi) is 15.1. The maximum absolute atomic E-state index is 4.93. The Morgan fingerprint density at radius 3 is 0.981 bits per heavy atom. The molecule has 0 spiro atoms. The van der Waals surface area contributed by atoms with Gasteiger partial charge >= 0.3 is 37.9 Å². The molecule has 0 N–H and O–H groups in total. The second kappa shape index (κ2) is 20.2. The summed E-state index contributed by atoms with van der Waals surface area (Å²) in [6.07, 6.45) is 0. The van der Waals surface area contributed by atoms with Crippen LogP contribution in [0.15, 0.2) is 182 Å². The number of nitrogens with zero attached hydrogens (tertiary/aromatic N) is 2. The van der Waals surface area contributed by atoms with Gasteiger partial charge in [0, 0.05) is 43.6 Å². The number of hydrogen-bond acceptors (Lipinski definition) is 2. The van der Waals surface area contributed by atoms with E-state index in [-0.39, 0.29) is 0 Å². The summed E-state index contributed by atoms with van der Waals surface area (Å²) in [6.45, 7) is 8.61. The van der Waals surface area contributed by atoms with Gasteiger partial charge in [0.25, 0.3) is 0 Å². The first-order valence-electron chi connectivity index (χ1n) is 17.2. The standard InChI is InChI=1S/2C22H18N.C2H6Si.2ClH.Zr/c2*1-17-15-18-9-8-14-22(21(18)16-17)23(19-10-4-2-5-11-19)20-12-6-3-7-13-20;1-3-2;;;/h2*2-16H,1H3;1-2H3;2*1H;/q2*-1;;;;+4/p-2. The molecule has 258 valence electrons. The second-order valence-corrected chi connectivity index (χ2v) is 16.9. The van der Waals surface area contributed by atoms with Crippen LogP contribution >= 0.6 is 17.0 Å². The van der Waals surface area contributed by atoms with Crippen molar-refractivity contribution in [1.82, 2.24) is 0 Å². The number of rotatable bonds is 6. The summed E-state index contributed by atoms with van der Waals surface area (Å²) in [5, 5.41) is 5.16. The number of benzene rings is 6. The van der Waals surface area contributed by atoms with Gasteiger partial charge in [0.05, 0.1) is 0 Å². The van der Waals surface area contributed by atoms with Gasteiger partial charge in [0.1, 0.15) is 0 Å². The Hall–Kier alpha value is -4.18.